The number of anilines is 1. The topological polar surface area (TPSA) is 76.0 Å². The van der Waals surface area contributed by atoms with E-state index in [1.54, 1.807) is 0 Å². The number of fused-ring (bicyclic) bond motifs is 1. The van der Waals surface area contributed by atoms with E-state index < -0.39 is 0 Å². The van der Waals surface area contributed by atoms with E-state index in [1.807, 2.05) is 41.8 Å². The molecule has 24 heavy (non-hydrogen) atoms. The maximum atomic E-state index is 12.6. The van der Waals surface area contributed by atoms with Crippen LogP contribution in [-0.4, -0.2) is 27.9 Å². The summed E-state index contributed by atoms with van der Waals surface area (Å²) in [6, 6.07) is 9.28. The molecule has 1 aliphatic rings. The van der Waals surface area contributed by atoms with Gasteiger partial charge in [-0.2, -0.15) is 0 Å². The van der Waals surface area contributed by atoms with Crippen LogP contribution in [-0.2, 0) is 13.0 Å². The molecule has 2 heterocycles. The molecule has 0 unspecified atom stereocenters. The van der Waals surface area contributed by atoms with E-state index in [9.17, 15) is 9.59 Å². The number of hydrogen-bond donors (Lipinski definition) is 2. The van der Waals surface area contributed by atoms with Crippen LogP contribution in [0.5, 0.6) is 0 Å². The molecule has 0 saturated heterocycles. The summed E-state index contributed by atoms with van der Waals surface area (Å²) in [5, 5.41) is 5.70. The number of carbonyl (C=O) groups is 2. The van der Waals surface area contributed by atoms with Crippen molar-refractivity contribution in [2.45, 2.75) is 39.2 Å². The van der Waals surface area contributed by atoms with Crippen molar-refractivity contribution in [3.8, 4) is 0 Å². The molecule has 1 aromatic heterocycles. The van der Waals surface area contributed by atoms with Crippen LogP contribution in [0.3, 0.4) is 0 Å². The largest absolute Gasteiger partial charge is 0.349 e. The van der Waals surface area contributed by atoms with Crippen molar-refractivity contribution in [1.29, 1.82) is 0 Å². The van der Waals surface area contributed by atoms with Gasteiger partial charge in [0.25, 0.3) is 11.8 Å². The minimum absolute atomic E-state index is 0.209. The number of amides is 2. The van der Waals surface area contributed by atoms with Crippen molar-refractivity contribution >= 4 is 17.5 Å². The molecule has 0 fully saturated rings. The number of imidazole rings is 1. The number of nitrogens with zero attached hydrogens (tertiary/aromatic N) is 2. The summed E-state index contributed by atoms with van der Waals surface area (Å²) in [5.74, 6) is -0.128. The number of nitrogens with one attached hydrogen (secondary N) is 2. The smallest absolute Gasteiger partial charge is 0.287 e. The van der Waals surface area contributed by atoms with E-state index in [-0.39, 0.29) is 11.8 Å². The Morgan fingerprint density at radius 2 is 1.96 bits per heavy atom. The number of para-hydroxylation sites is 1. The summed E-state index contributed by atoms with van der Waals surface area (Å²) >= 11 is 0. The van der Waals surface area contributed by atoms with Crippen LogP contribution in [0, 0.1) is 0 Å². The zero-order valence-corrected chi connectivity index (χ0v) is 13.8. The summed E-state index contributed by atoms with van der Waals surface area (Å²) in [4.78, 5) is 29.3. The van der Waals surface area contributed by atoms with Gasteiger partial charge in [0.15, 0.2) is 11.5 Å². The zero-order valence-electron chi connectivity index (χ0n) is 13.8. The minimum atomic E-state index is -0.263. The molecule has 0 atom stereocenters. The van der Waals surface area contributed by atoms with Gasteiger partial charge in [-0.1, -0.05) is 25.1 Å². The zero-order chi connectivity index (χ0) is 16.9. The van der Waals surface area contributed by atoms with Gasteiger partial charge in [0.05, 0.1) is 5.69 Å². The standard InChI is InChI=1S/C18H22N4O2/c1-2-11-19-18(24)16-21-15(14-10-6-7-12-22(14)16)17(23)20-13-8-4-3-5-9-13/h3-5,8-9H,2,6-7,10-12H2,1H3,(H,19,24)(H,20,23). The average molecular weight is 326 g/mol. The predicted octanol–water partition coefficient (Wildman–Crippen LogP) is 2.61. The molecule has 0 aliphatic carbocycles. The van der Waals surface area contributed by atoms with Gasteiger partial charge in [-0.3, -0.25) is 9.59 Å². The lowest BCUT2D eigenvalue weighted by Gasteiger charge is -2.17. The van der Waals surface area contributed by atoms with E-state index in [1.165, 1.54) is 0 Å². The summed E-state index contributed by atoms with van der Waals surface area (Å²) in [6.07, 6.45) is 3.64. The summed E-state index contributed by atoms with van der Waals surface area (Å²) < 4.78 is 1.90. The molecule has 2 amide bonds. The van der Waals surface area contributed by atoms with Crippen LogP contribution in [0.15, 0.2) is 30.3 Å². The third-order valence-electron chi connectivity index (χ3n) is 4.10. The lowest BCUT2D eigenvalue weighted by Crippen LogP contribution is -2.28. The third kappa shape index (κ3) is 3.32. The highest BCUT2D eigenvalue weighted by Gasteiger charge is 2.27. The van der Waals surface area contributed by atoms with Crippen molar-refractivity contribution in [1.82, 2.24) is 14.9 Å². The molecule has 0 bridgehead atoms. The highest BCUT2D eigenvalue weighted by Crippen LogP contribution is 2.22. The molecule has 0 spiro atoms. The lowest BCUT2D eigenvalue weighted by molar-refractivity contribution is 0.0937. The van der Waals surface area contributed by atoms with Gasteiger partial charge in [0.2, 0.25) is 0 Å². The quantitative estimate of drug-likeness (QED) is 0.887. The number of rotatable bonds is 5. The van der Waals surface area contributed by atoms with Crippen molar-refractivity contribution in [3.63, 3.8) is 0 Å². The van der Waals surface area contributed by atoms with Gasteiger partial charge < -0.3 is 15.2 Å². The van der Waals surface area contributed by atoms with Crippen molar-refractivity contribution in [2.75, 3.05) is 11.9 Å². The van der Waals surface area contributed by atoms with E-state index >= 15 is 0 Å². The van der Waals surface area contributed by atoms with Crippen LogP contribution < -0.4 is 10.6 Å². The van der Waals surface area contributed by atoms with Crippen LogP contribution in [0.1, 0.15) is 53.0 Å². The molecule has 6 heteroatoms. The van der Waals surface area contributed by atoms with Crippen LogP contribution in [0.25, 0.3) is 0 Å². The Kier molecular flexibility index (Phi) is 4.93. The van der Waals surface area contributed by atoms with Gasteiger partial charge in [0.1, 0.15) is 0 Å². The molecule has 1 aromatic carbocycles. The fourth-order valence-corrected chi connectivity index (χ4v) is 2.93. The van der Waals surface area contributed by atoms with Crippen molar-refractivity contribution in [3.05, 3.63) is 47.5 Å². The Morgan fingerprint density at radius 3 is 2.71 bits per heavy atom. The van der Waals surface area contributed by atoms with E-state index in [0.29, 0.717) is 18.1 Å². The highest BCUT2D eigenvalue weighted by molar-refractivity contribution is 6.05. The Bertz CT molecular complexity index is 737. The SMILES string of the molecule is CCCNC(=O)c1nc(C(=O)Nc2ccccc2)c2n1CCCC2. The first-order chi connectivity index (χ1) is 11.7. The lowest BCUT2D eigenvalue weighted by atomic mass is 10.1. The first kappa shape index (κ1) is 16.2. The second-order valence-electron chi connectivity index (χ2n) is 5.92. The van der Waals surface area contributed by atoms with Crippen LogP contribution >= 0.6 is 0 Å². The monoisotopic (exact) mass is 326 g/mol. The van der Waals surface area contributed by atoms with E-state index in [4.69, 9.17) is 0 Å². The molecule has 2 aromatic rings. The molecule has 6 nitrogen and oxygen atoms in total. The number of benzene rings is 1. The third-order valence-corrected chi connectivity index (χ3v) is 4.10. The normalized spacial score (nSPS) is 13.2. The molecule has 3 rings (SSSR count). The molecule has 0 radical (unpaired) electrons. The van der Waals surface area contributed by atoms with Gasteiger partial charge in [-0.25, -0.2) is 4.98 Å². The van der Waals surface area contributed by atoms with Gasteiger partial charge in [0, 0.05) is 18.8 Å². The molecule has 1 aliphatic heterocycles. The second-order valence-corrected chi connectivity index (χ2v) is 5.92. The van der Waals surface area contributed by atoms with Gasteiger partial charge >= 0.3 is 0 Å². The molecule has 0 saturated carbocycles. The second kappa shape index (κ2) is 7.29. The summed E-state index contributed by atoms with van der Waals surface area (Å²) in [6.45, 7) is 3.34. The number of carbonyl (C=O) groups excluding carboxylic acids is 2. The average Bonchev–Trinajstić information content (AvgIpc) is 3.00. The Labute approximate surface area is 141 Å². The van der Waals surface area contributed by atoms with Crippen LogP contribution in [0.2, 0.25) is 0 Å². The van der Waals surface area contributed by atoms with E-state index in [2.05, 4.69) is 15.6 Å². The summed E-state index contributed by atoms with van der Waals surface area (Å²) in [7, 11) is 0. The first-order valence-electron chi connectivity index (χ1n) is 8.44. The van der Waals surface area contributed by atoms with Crippen molar-refractivity contribution < 1.29 is 9.59 Å². The first-order valence-corrected chi connectivity index (χ1v) is 8.44. The van der Waals surface area contributed by atoms with Crippen LogP contribution in [0.4, 0.5) is 5.69 Å². The Balaban J connectivity index is 1.88. The number of aromatic nitrogens is 2. The van der Waals surface area contributed by atoms with Gasteiger partial charge in [-0.05, 0) is 37.8 Å². The van der Waals surface area contributed by atoms with Crippen molar-refractivity contribution in [2.24, 2.45) is 0 Å². The highest BCUT2D eigenvalue weighted by atomic mass is 16.2. The maximum Gasteiger partial charge on any atom is 0.287 e. The van der Waals surface area contributed by atoms with E-state index in [0.717, 1.165) is 43.6 Å². The summed E-state index contributed by atoms with van der Waals surface area (Å²) in [5.41, 5.74) is 1.94. The molecule has 2 N–H and O–H groups in total. The molecular weight excluding hydrogens is 304 g/mol. The number of hydrogen-bond acceptors (Lipinski definition) is 3. The predicted molar refractivity (Wildman–Crippen MR) is 92.2 cm³/mol. The Hall–Kier alpha value is -2.63. The minimum Gasteiger partial charge on any atom is -0.349 e. The fourth-order valence-electron chi connectivity index (χ4n) is 2.93. The maximum absolute atomic E-state index is 12.6. The Morgan fingerprint density at radius 1 is 1.17 bits per heavy atom. The van der Waals surface area contributed by atoms with Gasteiger partial charge in [-0.15, -0.1) is 0 Å². The molecule has 126 valence electrons. The fraction of sp³-hybridized carbons (Fsp3) is 0.389. The molecular formula is C18H22N4O2.